The molecule has 12 heavy (non-hydrogen) atoms. The molecule has 0 rings (SSSR count). The first kappa shape index (κ1) is 37.1. The predicted octanol–water partition coefficient (Wildman–Crippen LogP) is 4.30. The largest absolute Gasteiger partial charge is 0.252 e. The first-order valence-corrected chi connectivity index (χ1v) is 10.5. The molecule has 0 saturated carbocycles. The van der Waals surface area contributed by atoms with E-state index in [1.165, 1.54) is 7.11 Å². The molecule has 0 aromatic heterocycles. The van der Waals surface area contributed by atoms with Crippen molar-refractivity contribution in [1.82, 2.24) is 0 Å². The van der Waals surface area contributed by atoms with Crippen molar-refractivity contribution >= 4 is 57.2 Å². The maximum absolute atomic E-state index is 7.07. The molecule has 2 atom stereocenters. The zero-order valence-corrected chi connectivity index (χ0v) is 12.0. The highest BCUT2D eigenvalue weighted by atomic mass is 127. The topological polar surface area (TPSA) is 63.6 Å². The van der Waals surface area contributed by atoms with Crippen LogP contribution >= 0.6 is 57.2 Å². The Hall–Kier alpha value is 1.84. The van der Waals surface area contributed by atoms with Crippen LogP contribution < -0.4 is 0 Å². The molecule has 4 nitrogen and oxygen atoms in total. The molecular formula is C4H18I2O4P2. The van der Waals surface area contributed by atoms with Crippen LogP contribution in [0.1, 0.15) is 14.9 Å². The predicted molar refractivity (Wildman–Crippen MR) is 81.8 cm³/mol. The molecule has 0 aliphatic rings. The molecule has 82 valence electrons. The number of rotatable bonds is 0. The van der Waals surface area contributed by atoms with E-state index in [0.29, 0.717) is 0 Å². The van der Waals surface area contributed by atoms with E-state index in [1.54, 1.807) is 0 Å². The van der Waals surface area contributed by atoms with Crippen LogP contribution in [-0.4, -0.2) is 19.0 Å². The lowest BCUT2D eigenvalue weighted by molar-refractivity contribution is -0.214. The normalized spacial score (nSPS) is 4.83. The standard InChI is InChI=1S/CH4IP.CH4O2.2CH4.H2IP.O2/c2*1-3-2;;;2*1-2/h3H,1H3;2H,1H3;2*1H4;2H2;. The van der Waals surface area contributed by atoms with Gasteiger partial charge in [0.2, 0.25) is 0 Å². The smallest absolute Gasteiger partial charge is 0.0710 e. The molecule has 0 bridgehead atoms. The maximum atomic E-state index is 7.07. The molecule has 0 radical (unpaired) electrons. The average molecular weight is 446 g/mol. The summed E-state index contributed by atoms with van der Waals surface area (Å²) >= 11 is 4.38. The molecule has 0 heterocycles. The number of halogens is 2. The van der Waals surface area contributed by atoms with Crippen molar-refractivity contribution in [3.05, 3.63) is 9.93 Å². The Kier molecular flexibility index (Phi) is 378. The second-order valence-corrected chi connectivity index (χ2v) is 3.99. The minimum atomic E-state index is 0. The summed E-state index contributed by atoms with van der Waals surface area (Å²) in [6.07, 6.45) is 1.05. The van der Waals surface area contributed by atoms with Crippen LogP contribution in [0.5, 0.6) is 0 Å². The van der Waals surface area contributed by atoms with Gasteiger partial charge in [-0.1, -0.05) is 72.0 Å². The third-order valence-electron chi connectivity index (χ3n) is 0. The number of hydrogen-bond donors (Lipinski definition) is 1. The van der Waals surface area contributed by atoms with Gasteiger partial charge >= 0.3 is 0 Å². The molecule has 0 amide bonds. The zero-order chi connectivity index (χ0) is 9.41. The van der Waals surface area contributed by atoms with Crippen molar-refractivity contribution in [3.8, 4) is 0 Å². The van der Waals surface area contributed by atoms with Crippen molar-refractivity contribution in [2.24, 2.45) is 0 Å². The summed E-state index contributed by atoms with van der Waals surface area (Å²) < 4.78 is 0. The first-order valence-electron chi connectivity index (χ1n) is 1.66. The van der Waals surface area contributed by atoms with Gasteiger partial charge in [-0.25, -0.2) is 4.89 Å². The van der Waals surface area contributed by atoms with Crippen LogP contribution in [0.25, 0.3) is 0 Å². The minimum Gasteiger partial charge on any atom is -0.252 e. The Morgan fingerprint density at radius 1 is 1.33 bits per heavy atom. The highest BCUT2D eigenvalue weighted by molar-refractivity contribution is 14.2. The fourth-order valence-corrected chi connectivity index (χ4v) is 0. The Labute approximate surface area is 105 Å². The molecule has 0 spiro atoms. The highest BCUT2D eigenvalue weighted by Crippen LogP contribution is 2.11. The Bertz CT molecular complexity index is 30.5. The molecule has 0 fully saturated rings. The molecule has 2 unspecified atom stereocenters. The van der Waals surface area contributed by atoms with Gasteiger partial charge in [-0.3, -0.25) is 5.26 Å². The summed E-state index contributed by atoms with van der Waals surface area (Å²) in [5, 5.41) is 7.07. The van der Waals surface area contributed by atoms with Crippen molar-refractivity contribution in [3.63, 3.8) is 0 Å². The highest BCUT2D eigenvalue weighted by Gasteiger charge is 1.36. The zero-order valence-electron chi connectivity index (χ0n) is 5.51. The fraction of sp³-hybridized carbons (Fsp3) is 1.00. The second kappa shape index (κ2) is 122. The Morgan fingerprint density at radius 2 is 1.33 bits per heavy atom. The van der Waals surface area contributed by atoms with Crippen LogP contribution in [0.2, 0.25) is 0 Å². The van der Waals surface area contributed by atoms with Crippen molar-refractivity contribution in [2.75, 3.05) is 13.8 Å². The minimum absolute atomic E-state index is 0. The van der Waals surface area contributed by atoms with Crippen LogP contribution in [-0.2, 0) is 4.89 Å². The number of hydrogen-bond acceptors (Lipinski definition) is 4. The van der Waals surface area contributed by atoms with Crippen LogP contribution in [0.4, 0.5) is 0 Å². The molecule has 0 aliphatic heterocycles. The van der Waals surface area contributed by atoms with E-state index >= 15 is 0 Å². The van der Waals surface area contributed by atoms with Gasteiger partial charge in [0.25, 0.3) is 0 Å². The van der Waals surface area contributed by atoms with Crippen LogP contribution in [0.3, 0.4) is 0 Å². The first-order chi connectivity index (χ1) is 4.83. The van der Waals surface area contributed by atoms with Gasteiger partial charge in [-0.2, -0.15) is 0 Å². The lowest BCUT2D eigenvalue weighted by Gasteiger charge is -1.59. The van der Waals surface area contributed by atoms with Gasteiger partial charge in [0.1, 0.15) is 0 Å². The molecular weight excluding hydrogens is 428 g/mol. The summed E-state index contributed by atoms with van der Waals surface area (Å²) in [7, 11) is 1.18. The summed E-state index contributed by atoms with van der Waals surface area (Å²) in [6.45, 7) is 4.53. The molecule has 0 aromatic rings. The molecule has 0 aliphatic carbocycles. The lowest BCUT2D eigenvalue weighted by Crippen LogP contribution is -1.57. The summed E-state index contributed by atoms with van der Waals surface area (Å²) in [5.41, 5.74) is 0. The molecule has 0 aromatic carbocycles. The third kappa shape index (κ3) is 411. The van der Waals surface area contributed by atoms with Gasteiger partial charge in [0.15, 0.2) is 0 Å². The van der Waals surface area contributed by atoms with Crippen LogP contribution in [0.15, 0.2) is 0 Å². The van der Waals surface area contributed by atoms with E-state index in [0.717, 1.165) is 6.22 Å². The Morgan fingerprint density at radius 3 is 1.33 bits per heavy atom. The van der Waals surface area contributed by atoms with E-state index in [4.69, 9.17) is 15.2 Å². The van der Waals surface area contributed by atoms with Gasteiger partial charge in [-0.05, 0) is 6.66 Å². The van der Waals surface area contributed by atoms with E-state index in [1.807, 2.05) is 0 Å². The van der Waals surface area contributed by atoms with Crippen molar-refractivity contribution in [2.45, 2.75) is 14.9 Å². The Balaban J connectivity index is -0.00000000967. The third-order valence-corrected chi connectivity index (χ3v) is 0. The van der Waals surface area contributed by atoms with E-state index in [-0.39, 0.29) is 14.9 Å². The van der Waals surface area contributed by atoms with E-state index in [9.17, 15) is 0 Å². The average Bonchev–Trinajstić information content (AvgIpc) is 1.99. The van der Waals surface area contributed by atoms with Gasteiger partial charge in [0, 0.05) is 9.93 Å². The molecule has 8 heteroatoms. The summed E-state index contributed by atoms with van der Waals surface area (Å²) in [4.78, 5) is 17.2. The summed E-state index contributed by atoms with van der Waals surface area (Å²) in [6, 6.07) is 0. The van der Waals surface area contributed by atoms with Crippen molar-refractivity contribution in [1.29, 1.82) is 0 Å². The lowest BCUT2D eigenvalue weighted by atomic mass is 11.8. The van der Waals surface area contributed by atoms with E-state index < -0.39 is 0 Å². The molecule has 0 saturated heterocycles. The maximum Gasteiger partial charge on any atom is 0.0710 e. The molecule has 1 N–H and O–H groups in total. The fourth-order valence-electron chi connectivity index (χ4n) is 0. The van der Waals surface area contributed by atoms with E-state index in [2.05, 4.69) is 62.5 Å². The van der Waals surface area contributed by atoms with Gasteiger partial charge < -0.3 is 0 Å². The second-order valence-electron chi connectivity index (χ2n) is 0.372. The van der Waals surface area contributed by atoms with Gasteiger partial charge in [-0.15, -0.1) is 0 Å². The quantitative estimate of drug-likeness (QED) is 0.261. The van der Waals surface area contributed by atoms with Crippen molar-refractivity contribution < 1.29 is 10.1 Å². The van der Waals surface area contributed by atoms with Gasteiger partial charge in [0.05, 0.1) is 7.11 Å². The monoisotopic (exact) mass is 446 g/mol. The summed E-state index contributed by atoms with van der Waals surface area (Å²) in [5.74, 6) is 0. The SMILES string of the molecule is C.C.COO.CPI.O=O.PI. The van der Waals surface area contributed by atoms with Crippen LogP contribution in [0, 0.1) is 9.93 Å².